The van der Waals surface area contributed by atoms with Crippen molar-refractivity contribution in [3.05, 3.63) is 57.9 Å². The van der Waals surface area contributed by atoms with Crippen LogP contribution in [0.15, 0.2) is 52.4 Å². The second kappa shape index (κ2) is 8.62. The van der Waals surface area contributed by atoms with Gasteiger partial charge in [-0.15, -0.1) is 0 Å². The predicted molar refractivity (Wildman–Crippen MR) is 105 cm³/mol. The summed E-state index contributed by atoms with van der Waals surface area (Å²) in [6, 6.07) is 7.29. The zero-order valence-corrected chi connectivity index (χ0v) is 15.9. The molecule has 1 N–H and O–H groups in total. The van der Waals surface area contributed by atoms with E-state index in [9.17, 15) is 9.59 Å². The summed E-state index contributed by atoms with van der Waals surface area (Å²) in [5.74, 6) is 1.40. The van der Waals surface area contributed by atoms with Crippen LogP contribution < -0.4 is 15.8 Å². The Labute approximate surface area is 155 Å². The summed E-state index contributed by atoms with van der Waals surface area (Å²) in [6.07, 6.45) is 4.25. The molecule has 6 nitrogen and oxygen atoms in total. The molecule has 0 saturated heterocycles. The lowest BCUT2D eigenvalue weighted by Crippen LogP contribution is -2.21. The van der Waals surface area contributed by atoms with Crippen LogP contribution in [0.4, 0.5) is 17.3 Å². The minimum atomic E-state index is -0.133. The summed E-state index contributed by atoms with van der Waals surface area (Å²) in [4.78, 5) is 30.0. The molecule has 2 aromatic rings. The first kappa shape index (κ1) is 18.9. The topological polar surface area (TPSA) is 67.2 Å². The van der Waals surface area contributed by atoms with E-state index in [2.05, 4.69) is 32.8 Å². The van der Waals surface area contributed by atoms with Crippen LogP contribution in [0.5, 0.6) is 0 Å². The number of hydrogen-bond acceptors (Lipinski definition) is 5. The molecular weight excluding hydrogens is 384 g/mol. The van der Waals surface area contributed by atoms with Crippen LogP contribution in [0.25, 0.3) is 0 Å². The number of pyridine rings is 2. The van der Waals surface area contributed by atoms with E-state index in [1.54, 1.807) is 25.4 Å². The van der Waals surface area contributed by atoms with Crippen molar-refractivity contribution < 1.29 is 4.79 Å². The SMILES string of the molecule is C=CC(=O)CCCN(C)c1cccc(Nc2cc(Br)cn(C)c2=O)n1. The minimum Gasteiger partial charge on any atom is -0.360 e. The molecule has 0 radical (unpaired) electrons. The van der Waals surface area contributed by atoms with Crippen LogP contribution >= 0.6 is 15.9 Å². The van der Waals surface area contributed by atoms with Gasteiger partial charge in [0.1, 0.15) is 17.3 Å². The van der Waals surface area contributed by atoms with Crippen LogP contribution in [0.1, 0.15) is 12.8 Å². The van der Waals surface area contributed by atoms with Gasteiger partial charge in [-0.25, -0.2) is 4.98 Å². The molecule has 0 aliphatic heterocycles. The van der Waals surface area contributed by atoms with Crippen LogP contribution in [0.2, 0.25) is 0 Å². The van der Waals surface area contributed by atoms with Crippen LogP contribution in [-0.4, -0.2) is 28.9 Å². The van der Waals surface area contributed by atoms with E-state index in [1.807, 2.05) is 24.1 Å². The van der Waals surface area contributed by atoms with Crippen molar-refractivity contribution in [2.45, 2.75) is 12.8 Å². The lowest BCUT2D eigenvalue weighted by molar-refractivity contribution is -0.114. The fourth-order valence-electron chi connectivity index (χ4n) is 2.31. The van der Waals surface area contributed by atoms with Crippen molar-refractivity contribution in [2.24, 2.45) is 7.05 Å². The average Bonchev–Trinajstić information content (AvgIpc) is 2.59. The van der Waals surface area contributed by atoms with E-state index < -0.39 is 0 Å². The molecule has 2 rings (SSSR count). The van der Waals surface area contributed by atoms with Crippen molar-refractivity contribution in [3.63, 3.8) is 0 Å². The van der Waals surface area contributed by atoms with Crippen molar-refractivity contribution >= 4 is 39.0 Å². The van der Waals surface area contributed by atoms with Gasteiger partial charge in [0.2, 0.25) is 0 Å². The number of nitrogens with one attached hydrogen (secondary N) is 1. The summed E-state index contributed by atoms with van der Waals surface area (Å²) < 4.78 is 2.30. The summed E-state index contributed by atoms with van der Waals surface area (Å²) in [5.41, 5.74) is 0.312. The van der Waals surface area contributed by atoms with Gasteiger partial charge in [0.25, 0.3) is 5.56 Å². The third kappa shape index (κ3) is 5.29. The van der Waals surface area contributed by atoms with Crippen LogP contribution in [0, 0.1) is 0 Å². The smallest absolute Gasteiger partial charge is 0.274 e. The Morgan fingerprint density at radius 2 is 2.24 bits per heavy atom. The third-order valence-corrected chi connectivity index (χ3v) is 4.12. The largest absolute Gasteiger partial charge is 0.360 e. The predicted octanol–water partition coefficient (Wildman–Crippen LogP) is 3.26. The first-order valence-corrected chi connectivity index (χ1v) is 8.66. The molecule has 0 spiro atoms. The number of carbonyl (C=O) groups excluding carboxylic acids is 1. The van der Waals surface area contributed by atoms with Crippen molar-refractivity contribution in [2.75, 3.05) is 23.8 Å². The highest BCUT2D eigenvalue weighted by Gasteiger charge is 2.08. The zero-order chi connectivity index (χ0) is 18.4. The van der Waals surface area contributed by atoms with Crippen LogP contribution in [0.3, 0.4) is 0 Å². The van der Waals surface area contributed by atoms with E-state index >= 15 is 0 Å². The van der Waals surface area contributed by atoms with E-state index in [0.29, 0.717) is 24.5 Å². The number of aryl methyl sites for hydroxylation is 1. The fourth-order valence-corrected chi connectivity index (χ4v) is 2.85. The molecule has 0 fully saturated rings. The van der Waals surface area contributed by atoms with E-state index in [-0.39, 0.29) is 11.3 Å². The van der Waals surface area contributed by atoms with Gasteiger partial charge in [-0.3, -0.25) is 9.59 Å². The molecule has 0 aromatic carbocycles. The maximum Gasteiger partial charge on any atom is 0.274 e. The number of allylic oxidation sites excluding steroid dienone is 1. The van der Waals surface area contributed by atoms with Gasteiger partial charge in [-0.2, -0.15) is 0 Å². The summed E-state index contributed by atoms with van der Waals surface area (Å²) in [7, 11) is 3.61. The molecular formula is C18H21BrN4O2. The first-order valence-electron chi connectivity index (χ1n) is 7.87. The quantitative estimate of drug-likeness (QED) is 0.683. The normalized spacial score (nSPS) is 10.4. The summed E-state index contributed by atoms with van der Waals surface area (Å²) in [6.45, 7) is 4.18. The highest BCUT2D eigenvalue weighted by molar-refractivity contribution is 9.10. The number of carbonyl (C=O) groups is 1. The van der Waals surface area contributed by atoms with Gasteiger partial charge in [-0.05, 0) is 46.6 Å². The molecule has 0 saturated carbocycles. The van der Waals surface area contributed by atoms with E-state index in [4.69, 9.17) is 0 Å². The standard InChI is InChI=1S/C18H21BrN4O2/c1-4-14(24)7-6-10-22(2)17-9-5-8-16(21-17)20-15-11-13(19)12-23(3)18(15)25/h4-5,8-9,11-12H,1,6-7,10H2,2-3H3,(H,20,21). The minimum absolute atomic E-state index is 0.0438. The second-order valence-corrected chi connectivity index (χ2v) is 6.61. The van der Waals surface area contributed by atoms with Gasteiger partial charge in [0.05, 0.1) is 0 Å². The fraction of sp³-hybridized carbons (Fsp3) is 0.278. The molecule has 0 atom stereocenters. The summed E-state index contributed by atoms with van der Waals surface area (Å²) >= 11 is 3.38. The third-order valence-electron chi connectivity index (χ3n) is 3.68. The molecule has 25 heavy (non-hydrogen) atoms. The maximum atomic E-state index is 12.2. The molecule has 0 aliphatic rings. The first-order chi connectivity index (χ1) is 11.9. The number of halogens is 1. The molecule has 2 heterocycles. The molecule has 132 valence electrons. The van der Waals surface area contributed by atoms with Gasteiger partial charge < -0.3 is 14.8 Å². The second-order valence-electron chi connectivity index (χ2n) is 5.69. The molecule has 0 unspecified atom stereocenters. The highest BCUT2D eigenvalue weighted by Crippen LogP contribution is 2.18. The van der Waals surface area contributed by atoms with Gasteiger partial charge in [-0.1, -0.05) is 12.6 Å². The molecule has 0 aliphatic carbocycles. The van der Waals surface area contributed by atoms with Crippen LogP contribution in [-0.2, 0) is 11.8 Å². The number of anilines is 3. The number of ketones is 1. The van der Waals surface area contributed by atoms with Crippen molar-refractivity contribution in [1.82, 2.24) is 9.55 Å². The Balaban J connectivity index is 2.10. The number of rotatable bonds is 8. The Hall–Kier alpha value is -2.41. The summed E-state index contributed by atoms with van der Waals surface area (Å²) in [5, 5.41) is 3.06. The lowest BCUT2D eigenvalue weighted by Gasteiger charge is -2.18. The van der Waals surface area contributed by atoms with E-state index in [0.717, 1.165) is 16.7 Å². The number of aromatic nitrogens is 2. The Bertz CT molecular complexity index is 832. The van der Waals surface area contributed by atoms with Gasteiger partial charge >= 0.3 is 0 Å². The zero-order valence-electron chi connectivity index (χ0n) is 14.3. The van der Waals surface area contributed by atoms with Gasteiger partial charge in [0.15, 0.2) is 5.78 Å². The number of hydrogen-bond donors (Lipinski definition) is 1. The average molecular weight is 405 g/mol. The molecule has 7 heteroatoms. The molecule has 2 aromatic heterocycles. The van der Waals surface area contributed by atoms with E-state index in [1.165, 1.54) is 10.6 Å². The van der Waals surface area contributed by atoms with Crippen molar-refractivity contribution in [3.8, 4) is 0 Å². The van der Waals surface area contributed by atoms with Gasteiger partial charge in [0, 0.05) is 37.7 Å². The lowest BCUT2D eigenvalue weighted by atomic mass is 10.2. The Kier molecular flexibility index (Phi) is 6.52. The number of nitrogens with zero attached hydrogens (tertiary/aromatic N) is 3. The Morgan fingerprint density at radius 3 is 2.96 bits per heavy atom. The molecule has 0 amide bonds. The molecule has 0 bridgehead atoms. The highest BCUT2D eigenvalue weighted by atomic mass is 79.9. The monoisotopic (exact) mass is 404 g/mol. The van der Waals surface area contributed by atoms with Crippen molar-refractivity contribution in [1.29, 1.82) is 0 Å². The Morgan fingerprint density at radius 1 is 1.48 bits per heavy atom. The maximum absolute atomic E-state index is 12.2.